The normalized spacial score (nSPS) is 26.1. The quantitative estimate of drug-likeness (QED) is 0.870. The molecule has 124 valence electrons. The van der Waals surface area contributed by atoms with Crippen molar-refractivity contribution < 1.29 is 4.74 Å². The van der Waals surface area contributed by atoms with Gasteiger partial charge in [0.2, 0.25) is 0 Å². The summed E-state index contributed by atoms with van der Waals surface area (Å²) in [5, 5.41) is 0. The zero-order chi connectivity index (χ0) is 15.6. The van der Waals surface area contributed by atoms with E-state index in [-0.39, 0.29) is 6.10 Å². The molecule has 0 radical (unpaired) electrons. The van der Waals surface area contributed by atoms with Gasteiger partial charge in [-0.3, -0.25) is 0 Å². The summed E-state index contributed by atoms with van der Waals surface area (Å²) in [4.78, 5) is 12.0. The van der Waals surface area contributed by atoms with E-state index in [0.717, 1.165) is 49.5 Å². The van der Waals surface area contributed by atoms with E-state index in [0.29, 0.717) is 5.92 Å². The van der Waals surface area contributed by atoms with E-state index in [1.165, 1.54) is 25.9 Å². The zero-order valence-corrected chi connectivity index (χ0v) is 13.9. The summed E-state index contributed by atoms with van der Waals surface area (Å²) in [6, 6.07) is 4.04. The topological polar surface area (TPSA) is 43.2 Å². The zero-order valence-electron chi connectivity index (χ0n) is 13.9. The number of likely N-dealkylation sites (tertiary alicyclic amines) is 1. The van der Waals surface area contributed by atoms with Gasteiger partial charge in [0.15, 0.2) is 5.65 Å². The summed E-state index contributed by atoms with van der Waals surface area (Å²) >= 11 is 0. The van der Waals surface area contributed by atoms with Gasteiger partial charge in [0.05, 0.1) is 0 Å². The van der Waals surface area contributed by atoms with Crippen LogP contribution in [-0.2, 0) is 11.3 Å². The van der Waals surface area contributed by atoms with Crippen LogP contribution in [0.25, 0.3) is 11.2 Å². The number of piperidine rings is 1. The van der Waals surface area contributed by atoms with E-state index >= 15 is 0 Å². The van der Waals surface area contributed by atoms with E-state index in [2.05, 4.69) is 27.4 Å². The highest BCUT2D eigenvalue weighted by molar-refractivity contribution is 5.71. The van der Waals surface area contributed by atoms with Gasteiger partial charge in [-0.2, -0.15) is 0 Å². The monoisotopic (exact) mass is 314 g/mol. The second kappa shape index (κ2) is 6.57. The molecule has 2 fully saturated rings. The van der Waals surface area contributed by atoms with Gasteiger partial charge in [0, 0.05) is 25.9 Å². The first-order chi connectivity index (χ1) is 11.3. The van der Waals surface area contributed by atoms with Gasteiger partial charge >= 0.3 is 0 Å². The van der Waals surface area contributed by atoms with Crippen molar-refractivity contribution in [3.63, 3.8) is 0 Å². The van der Waals surface area contributed by atoms with Gasteiger partial charge in [-0.15, -0.1) is 0 Å². The number of hydrogen-bond donors (Lipinski definition) is 0. The maximum atomic E-state index is 5.92. The smallest absolute Gasteiger partial charge is 0.160 e. The standard InChI is InChI=1S/C18H26N4O/c1-2-21-10-4-6-14(12-21)13-22-17-15(7-3-9-19-17)20-18(22)16-8-5-11-23-16/h3,7,9,14,16H,2,4-6,8,10-13H2,1H3. The van der Waals surface area contributed by atoms with Gasteiger partial charge in [-0.25, -0.2) is 9.97 Å². The summed E-state index contributed by atoms with van der Waals surface area (Å²) in [7, 11) is 0. The SMILES string of the molecule is CCN1CCCC(Cn2c(C3CCCO3)nc3cccnc32)C1. The van der Waals surface area contributed by atoms with Crippen molar-refractivity contribution in [1.82, 2.24) is 19.4 Å². The molecule has 23 heavy (non-hydrogen) atoms. The van der Waals surface area contributed by atoms with Crippen molar-refractivity contribution in [2.45, 2.75) is 45.3 Å². The Balaban J connectivity index is 1.65. The van der Waals surface area contributed by atoms with Gasteiger partial charge in [-0.1, -0.05) is 6.92 Å². The average Bonchev–Trinajstić information content (AvgIpc) is 3.23. The predicted octanol–water partition coefficient (Wildman–Crippen LogP) is 3.01. The molecule has 0 spiro atoms. The molecule has 2 atom stereocenters. The Morgan fingerprint density at radius 1 is 1.30 bits per heavy atom. The van der Waals surface area contributed by atoms with Gasteiger partial charge < -0.3 is 14.2 Å². The number of fused-ring (bicyclic) bond motifs is 1. The minimum absolute atomic E-state index is 0.148. The molecule has 0 amide bonds. The highest BCUT2D eigenvalue weighted by Gasteiger charge is 2.27. The fourth-order valence-corrected chi connectivity index (χ4v) is 4.03. The second-order valence-electron chi connectivity index (χ2n) is 6.83. The number of pyridine rings is 1. The van der Waals surface area contributed by atoms with Crippen LogP contribution in [0.5, 0.6) is 0 Å². The third kappa shape index (κ3) is 3.00. The van der Waals surface area contributed by atoms with Crippen LogP contribution in [0.3, 0.4) is 0 Å². The molecule has 2 aromatic rings. The third-order valence-electron chi connectivity index (χ3n) is 5.24. The summed E-state index contributed by atoms with van der Waals surface area (Å²) in [6.45, 7) is 7.71. The summed E-state index contributed by atoms with van der Waals surface area (Å²) in [5.41, 5.74) is 2.02. The molecule has 0 saturated carbocycles. The Hall–Kier alpha value is -1.46. The summed E-state index contributed by atoms with van der Waals surface area (Å²) in [6.07, 6.45) is 6.83. The number of rotatable bonds is 4. The maximum absolute atomic E-state index is 5.92. The van der Waals surface area contributed by atoms with Gasteiger partial charge in [0.25, 0.3) is 0 Å². The predicted molar refractivity (Wildman–Crippen MR) is 90.3 cm³/mol. The van der Waals surface area contributed by atoms with Crippen LogP contribution >= 0.6 is 0 Å². The molecular weight excluding hydrogens is 288 g/mol. The molecule has 0 aliphatic carbocycles. The Morgan fingerprint density at radius 3 is 3.09 bits per heavy atom. The Labute approximate surface area is 137 Å². The lowest BCUT2D eigenvalue weighted by molar-refractivity contribution is 0.0994. The molecule has 2 aliphatic rings. The molecule has 2 aliphatic heterocycles. The van der Waals surface area contributed by atoms with Crippen LogP contribution in [0.15, 0.2) is 18.3 Å². The number of ether oxygens (including phenoxy) is 1. The van der Waals surface area contributed by atoms with Crippen LogP contribution in [0, 0.1) is 5.92 Å². The molecule has 2 saturated heterocycles. The second-order valence-corrected chi connectivity index (χ2v) is 6.83. The van der Waals surface area contributed by atoms with Crippen molar-refractivity contribution in [3.05, 3.63) is 24.2 Å². The highest BCUT2D eigenvalue weighted by atomic mass is 16.5. The first-order valence-electron chi connectivity index (χ1n) is 9.00. The third-order valence-corrected chi connectivity index (χ3v) is 5.24. The number of imidazole rings is 1. The van der Waals surface area contributed by atoms with E-state index < -0.39 is 0 Å². The summed E-state index contributed by atoms with van der Waals surface area (Å²) < 4.78 is 8.26. The van der Waals surface area contributed by atoms with Crippen LogP contribution < -0.4 is 0 Å². The minimum atomic E-state index is 0.148. The van der Waals surface area contributed by atoms with E-state index in [1.807, 2.05) is 12.3 Å². The lowest BCUT2D eigenvalue weighted by atomic mass is 9.98. The molecule has 2 unspecified atom stereocenters. The van der Waals surface area contributed by atoms with Crippen molar-refractivity contribution in [3.8, 4) is 0 Å². The van der Waals surface area contributed by atoms with Crippen LogP contribution in [0.2, 0.25) is 0 Å². The van der Waals surface area contributed by atoms with E-state index in [1.54, 1.807) is 0 Å². The molecular formula is C18H26N4O. The molecule has 4 rings (SSSR count). The summed E-state index contributed by atoms with van der Waals surface area (Å²) in [5.74, 6) is 1.77. The Kier molecular flexibility index (Phi) is 4.31. The lowest BCUT2D eigenvalue weighted by Crippen LogP contribution is -2.37. The van der Waals surface area contributed by atoms with Crippen LogP contribution in [-0.4, -0.2) is 45.7 Å². The Bertz CT molecular complexity index is 662. The van der Waals surface area contributed by atoms with Crippen molar-refractivity contribution in [2.24, 2.45) is 5.92 Å². The largest absolute Gasteiger partial charge is 0.370 e. The van der Waals surface area contributed by atoms with E-state index in [4.69, 9.17) is 9.72 Å². The first kappa shape index (κ1) is 15.1. The molecule has 4 heterocycles. The lowest BCUT2D eigenvalue weighted by Gasteiger charge is -2.32. The number of nitrogens with zero attached hydrogens (tertiary/aromatic N) is 4. The van der Waals surface area contributed by atoms with Crippen molar-refractivity contribution >= 4 is 11.2 Å². The van der Waals surface area contributed by atoms with E-state index in [9.17, 15) is 0 Å². The molecule has 0 aromatic carbocycles. The maximum Gasteiger partial charge on any atom is 0.160 e. The molecule has 5 heteroatoms. The Morgan fingerprint density at radius 2 is 2.26 bits per heavy atom. The molecule has 5 nitrogen and oxygen atoms in total. The van der Waals surface area contributed by atoms with Crippen molar-refractivity contribution in [2.75, 3.05) is 26.2 Å². The molecule has 0 bridgehead atoms. The minimum Gasteiger partial charge on any atom is -0.370 e. The highest BCUT2D eigenvalue weighted by Crippen LogP contribution is 2.31. The molecule has 0 N–H and O–H groups in total. The number of hydrogen-bond acceptors (Lipinski definition) is 4. The van der Waals surface area contributed by atoms with Gasteiger partial charge in [0.1, 0.15) is 17.4 Å². The molecule has 2 aromatic heterocycles. The van der Waals surface area contributed by atoms with Crippen LogP contribution in [0.4, 0.5) is 0 Å². The average molecular weight is 314 g/mol. The first-order valence-corrected chi connectivity index (χ1v) is 9.00. The van der Waals surface area contributed by atoms with Gasteiger partial charge in [-0.05, 0) is 56.8 Å². The van der Waals surface area contributed by atoms with Crippen LogP contribution in [0.1, 0.15) is 44.5 Å². The van der Waals surface area contributed by atoms with Crippen molar-refractivity contribution in [1.29, 1.82) is 0 Å². The fourth-order valence-electron chi connectivity index (χ4n) is 4.03. The number of aromatic nitrogens is 3. The fraction of sp³-hybridized carbons (Fsp3) is 0.667.